The second-order valence-corrected chi connectivity index (χ2v) is 5.48. The van der Waals surface area contributed by atoms with Gasteiger partial charge >= 0.3 is 0 Å². The van der Waals surface area contributed by atoms with Crippen LogP contribution in [0.2, 0.25) is 0 Å². The molecule has 1 aromatic heterocycles. The lowest BCUT2D eigenvalue weighted by molar-refractivity contribution is -0.384. The number of anilines is 1. The summed E-state index contributed by atoms with van der Waals surface area (Å²) in [5.41, 5.74) is 0.712. The maximum absolute atomic E-state index is 11.8. The van der Waals surface area contributed by atoms with Crippen LogP contribution >= 0.6 is 11.3 Å². The molecule has 1 N–H and O–H groups in total. The molecule has 114 valence electrons. The van der Waals surface area contributed by atoms with Crippen LogP contribution in [0, 0.1) is 10.1 Å². The van der Waals surface area contributed by atoms with Gasteiger partial charge in [-0.25, -0.2) is 0 Å². The van der Waals surface area contributed by atoms with Crippen LogP contribution < -0.4 is 5.32 Å². The summed E-state index contributed by atoms with van der Waals surface area (Å²) >= 11 is 1.35. The number of amides is 1. The number of rotatable bonds is 6. The van der Waals surface area contributed by atoms with Crippen LogP contribution in [0.3, 0.4) is 0 Å². The Hall–Kier alpha value is -2.61. The van der Waals surface area contributed by atoms with Crippen molar-refractivity contribution in [2.24, 2.45) is 0 Å². The first-order valence-electron chi connectivity index (χ1n) is 6.64. The molecule has 0 radical (unpaired) electrons. The average molecular weight is 318 g/mol. The molecule has 0 atom stereocenters. The molecule has 0 spiro atoms. The molecule has 0 aliphatic heterocycles. The molecular weight excluding hydrogens is 304 g/mol. The molecule has 0 aliphatic rings. The van der Waals surface area contributed by atoms with Crippen molar-refractivity contribution in [3.8, 4) is 0 Å². The third-order valence-electron chi connectivity index (χ3n) is 2.69. The van der Waals surface area contributed by atoms with E-state index in [0.717, 1.165) is 17.8 Å². The van der Waals surface area contributed by atoms with Crippen molar-refractivity contribution >= 4 is 34.1 Å². The van der Waals surface area contributed by atoms with E-state index in [1.54, 1.807) is 18.2 Å². The Morgan fingerprint density at radius 3 is 2.73 bits per heavy atom. The van der Waals surface area contributed by atoms with Crippen molar-refractivity contribution in [1.29, 1.82) is 0 Å². The Morgan fingerprint density at radius 1 is 1.36 bits per heavy atom. The van der Waals surface area contributed by atoms with Gasteiger partial charge in [-0.3, -0.25) is 20.2 Å². The first-order chi connectivity index (χ1) is 10.6. The number of hydrogen-bond donors (Lipinski definition) is 1. The number of aromatic nitrogens is 2. The molecule has 0 saturated carbocycles. The van der Waals surface area contributed by atoms with E-state index < -0.39 is 4.92 Å². The van der Waals surface area contributed by atoms with E-state index in [4.69, 9.17) is 0 Å². The van der Waals surface area contributed by atoms with Gasteiger partial charge in [-0.1, -0.05) is 18.3 Å². The third kappa shape index (κ3) is 4.45. The molecule has 22 heavy (non-hydrogen) atoms. The van der Waals surface area contributed by atoms with Gasteiger partial charge in [-0.15, -0.1) is 10.2 Å². The van der Waals surface area contributed by atoms with E-state index in [1.165, 1.54) is 29.5 Å². The van der Waals surface area contributed by atoms with Crippen molar-refractivity contribution in [3.05, 3.63) is 51.0 Å². The van der Waals surface area contributed by atoms with Crippen molar-refractivity contribution in [2.75, 3.05) is 5.32 Å². The number of carbonyl (C=O) groups is 1. The second-order valence-electron chi connectivity index (χ2n) is 4.42. The number of hydrogen-bond acceptors (Lipinski definition) is 6. The zero-order valence-corrected chi connectivity index (χ0v) is 12.7. The molecule has 0 saturated heterocycles. The minimum atomic E-state index is -0.469. The fraction of sp³-hybridized carbons (Fsp3) is 0.214. The zero-order valence-electron chi connectivity index (χ0n) is 11.9. The Balaban J connectivity index is 1.94. The Labute approximate surface area is 130 Å². The van der Waals surface area contributed by atoms with Gasteiger partial charge < -0.3 is 0 Å². The van der Waals surface area contributed by atoms with Crippen molar-refractivity contribution in [2.45, 2.75) is 19.8 Å². The summed E-state index contributed by atoms with van der Waals surface area (Å²) in [7, 11) is 0. The summed E-state index contributed by atoms with van der Waals surface area (Å²) in [6, 6.07) is 5.93. The molecule has 1 amide bonds. The van der Waals surface area contributed by atoms with Gasteiger partial charge in [0.15, 0.2) is 0 Å². The number of nitro groups is 1. The molecule has 7 nitrogen and oxygen atoms in total. The van der Waals surface area contributed by atoms with E-state index >= 15 is 0 Å². The van der Waals surface area contributed by atoms with Gasteiger partial charge in [0.05, 0.1) is 4.92 Å². The lowest BCUT2D eigenvalue weighted by Gasteiger charge is -1.95. The van der Waals surface area contributed by atoms with Crippen LogP contribution in [0.15, 0.2) is 30.3 Å². The smallest absolute Gasteiger partial charge is 0.269 e. The summed E-state index contributed by atoms with van der Waals surface area (Å²) in [4.78, 5) is 21.8. The number of benzene rings is 1. The molecule has 2 rings (SSSR count). The normalized spacial score (nSPS) is 10.8. The number of nitrogens with zero attached hydrogens (tertiary/aromatic N) is 3. The Kier molecular flexibility index (Phi) is 5.31. The Morgan fingerprint density at radius 2 is 2.09 bits per heavy atom. The average Bonchev–Trinajstić information content (AvgIpc) is 2.93. The van der Waals surface area contributed by atoms with E-state index in [9.17, 15) is 14.9 Å². The highest BCUT2D eigenvalue weighted by Gasteiger charge is 2.06. The minimum absolute atomic E-state index is 0.0129. The number of nitro benzene ring substituents is 1. The molecule has 1 heterocycles. The van der Waals surface area contributed by atoms with Crippen molar-refractivity contribution in [3.63, 3.8) is 0 Å². The predicted molar refractivity (Wildman–Crippen MR) is 84.7 cm³/mol. The molecular formula is C14H14N4O3S. The standard InChI is InChI=1S/C14H14N4O3S/c1-2-3-13-16-17-14(22-13)15-12(19)9-6-10-4-7-11(8-5-10)18(20)21/h4-9H,2-3H2,1H3,(H,15,17,19)/b9-6+. The molecule has 8 heteroatoms. The van der Waals surface area contributed by atoms with Crippen LogP contribution in [0.4, 0.5) is 10.8 Å². The van der Waals surface area contributed by atoms with Crippen molar-refractivity contribution < 1.29 is 9.72 Å². The quantitative estimate of drug-likeness (QED) is 0.501. The molecule has 0 aliphatic carbocycles. The summed E-state index contributed by atoms with van der Waals surface area (Å²) < 4.78 is 0. The highest BCUT2D eigenvalue weighted by Crippen LogP contribution is 2.17. The highest BCUT2D eigenvalue weighted by atomic mass is 32.1. The third-order valence-corrected chi connectivity index (χ3v) is 3.59. The molecule has 0 unspecified atom stereocenters. The van der Waals surface area contributed by atoms with E-state index in [2.05, 4.69) is 15.5 Å². The van der Waals surface area contributed by atoms with Crippen molar-refractivity contribution in [1.82, 2.24) is 10.2 Å². The van der Waals surface area contributed by atoms with Gasteiger partial charge in [0, 0.05) is 24.6 Å². The lowest BCUT2D eigenvalue weighted by atomic mass is 10.2. The van der Waals surface area contributed by atoms with Gasteiger partial charge in [-0.2, -0.15) is 0 Å². The number of aryl methyl sites for hydroxylation is 1. The summed E-state index contributed by atoms with van der Waals surface area (Å²) in [6.07, 6.45) is 4.74. The SMILES string of the molecule is CCCc1nnc(NC(=O)/C=C/c2ccc([N+](=O)[O-])cc2)s1. The van der Waals surface area contributed by atoms with Gasteiger partial charge in [0.25, 0.3) is 5.69 Å². The van der Waals surface area contributed by atoms with Gasteiger partial charge in [-0.05, 0) is 30.2 Å². The molecule has 2 aromatic rings. The van der Waals surface area contributed by atoms with Gasteiger partial charge in [0.2, 0.25) is 11.0 Å². The molecule has 0 bridgehead atoms. The molecule has 1 aromatic carbocycles. The fourth-order valence-electron chi connectivity index (χ4n) is 1.65. The summed E-state index contributed by atoms with van der Waals surface area (Å²) in [5, 5.41) is 22.4. The van der Waals surface area contributed by atoms with Crippen LogP contribution in [0.25, 0.3) is 6.08 Å². The van der Waals surface area contributed by atoms with Crippen LogP contribution in [-0.2, 0) is 11.2 Å². The largest absolute Gasteiger partial charge is 0.297 e. The summed E-state index contributed by atoms with van der Waals surface area (Å²) in [5.74, 6) is -0.322. The molecule has 0 fully saturated rings. The summed E-state index contributed by atoms with van der Waals surface area (Å²) in [6.45, 7) is 2.05. The van der Waals surface area contributed by atoms with Crippen LogP contribution in [0.1, 0.15) is 23.9 Å². The number of carbonyl (C=O) groups excluding carboxylic acids is 1. The van der Waals surface area contributed by atoms with E-state index in [1.807, 2.05) is 6.92 Å². The highest BCUT2D eigenvalue weighted by molar-refractivity contribution is 7.15. The number of non-ortho nitro benzene ring substituents is 1. The predicted octanol–water partition coefficient (Wildman–Crippen LogP) is 3.05. The zero-order chi connectivity index (χ0) is 15.9. The fourth-order valence-corrected chi connectivity index (χ4v) is 2.49. The maximum atomic E-state index is 11.8. The van der Waals surface area contributed by atoms with Crippen LogP contribution in [-0.4, -0.2) is 21.0 Å². The first kappa shape index (κ1) is 15.8. The van der Waals surface area contributed by atoms with Crippen LogP contribution in [0.5, 0.6) is 0 Å². The second kappa shape index (κ2) is 7.41. The minimum Gasteiger partial charge on any atom is -0.297 e. The lowest BCUT2D eigenvalue weighted by Crippen LogP contribution is -2.07. The Bertz CT molecular complexity index is 694. The van der Waals surface area contributed by atoms with E-state index in [-0.39, 0.29) is 11.6 Å². The first-order valence-corrected chi connectivity index (χ1v) is 7.46. The monoisotopic (exact) mass is 318 g/mol. The van der Waals surface area contributed by atoms with E-state index in [0.29, 0.717) is 10.7 Å². The number of nitrogens with one attached hydrogen (secondary N) is 1. The van der Waals surface area contributed by atoms with Gasteiger partial charge in [0.1, 0.15) is 5.01 Å². The topological polar surface area (TPSA) is 98.0 Å². The maximum Gasteiger partial charge on any atom is 0.269 e.